The van der Waals surface area contributed by atoms with Crippen molar-refractivity contribution in [3.8, 4) is 0 Å². The summed E-state index contributed by atoms with van der Waals surface area (Å²) in [4.78, 5) is 118. The zero-order chi connectivity index (χ0) is 53.7. The number of β-lactam (4-membered cyclic amide) rings is 2. The number of aromatic nitrogens is 8. The standard InChI is InChI=1S/2C19H17N7O9S2.2K/c2*27-11(28)5-24-19(21-22-23-24)37-7-9-6-36-17-12(16(31)25(17)13(9)18(32)33)20-15(30)14(29)8-1-3-10(4-2-8)26(34)35;;/h2*1-4,12,14,17,29H,5-7H2,(H,20,30)(H,27,28)(H,32,33);;/q;;2*+1/p-2/t2*12?,14-,17-;;/m11../s1. The van der Waals surface area contributed by atoms with E-state index in [1.807, 2.05) is 0 Å². The number of carboxylic acids is 4. The molecule has 0 spiro atoms. The SMILES string of the molecule is O=C(O)Cn1nnnc1SCC1=C(C(=O)[O-])N2C(=O)C(NC(=O)[C@H](O)c3ccc([N+](=O)[O-])cc3)[C@H]2SC1.O=C(O)Cn1nnnc1SCC1=C(C(=O)[O-])N2C(=O)C(NC(=O)[C@H](O)c3ccc([N+](=O)[O-])cc3)[C@H]2SC1.[K+].[K+]. The van der Waals surface area contributed by atoms with E-state index < -0.39 is 105 Å². The molecule has 2 aromatic heterocycles. The molecule has 2 unspecified atom stereocenters. The van der Waals surface area contributed by atoms with Gasteiger partial charge in [0.1, 0.15) is 35.9 Å². The molecule has 0 bridgehead atoms. The van der Waals surface area contributed by atoms with Gasteiger partial charge < -0.3 is 50.9 Å². The van der Waals surface area contributed by atoms with Gasteiger partial charge in [-0.1, -0.05) is 23.5 Å². The fourth-order valence-corrected chi connectivity index (χ4v) is 12.0. The van der Waals surface area contributed by atoms with Gasteiger partial charge in [0, 0.05) is 47.3 Å². The number of carbonyl (C=O) groups is 8. The number of rotatable bonds is 20. The summed E-state index contributed by atoms with van der Waals surface area (Å²) in [5.41, 5.74) is -0.395. The minimum absolute atomic E-state index is 0. The zero-order valence-corrected chi connectivity index (χ0v) is 48.3. The Kier molecular flexibility index (Phi) is 22.2. The van der Waals surface area contributed by atoms with Crippen LogP contribution in [0.1, 0.15) is 23.3 Å². The van der Waals surface area contributed by atoms with Crippen LogP contribution in [0, 0.1) is 20.2 Å². The number of nitro groups is 2. The Morgan fingerprint density at radius 3 is 1.29 bits per heavy atom. The fourth-order valence-electron chi connectivity index (χ4n) is 7.25. The third-order valence-corrected chi connectivity index (χ3v) is 15.5. The maximum absolute atomic E-state index is 12.8. The molecule has 2 saturated heterocycles. The van der Waals surface area contributed by atoms with Crippen molar-refractivity contribution in [2.24, 2.45) is 0 Å². The zero-order valence-electron chi connectivity index (χ0n) is 38.8. The first-order valence-electron chi connectivity index (χ1n) is 20.6. The maximum Gasteiger partial charge on any atom is 1.00 e. The van der Waals surface area contributed by atoms with Gasteiger partial charge in [-0.3, -0.25) is 58.8 Å². The molecular formula is C38H32K2N14O18S4. The molecule has 76 heavy (non-hydrogen) atoms. The van der Waals surface area contributed by atoms with Gasteiger partial charge >= 0.3 is 115 Å². The van der Waals surface area contributed by atoms with Crippen LogP contribution < -0.4 is 124 Å². The Bertz CT molecular complexity index is 2840. The second kappa shape index (κ2) is 27.2. The van der Waals surface area contributed by atoms with E-state index >= 15 is 0 Å². The normalized spacial score (nSPS) is 19.1. The third-order valence-electron chi connectivity index (χ3n) is 10.7. The van der Waals surface area contributed by atoms with Gasteiger partial charge in [-0.25, -0.2) is 9.36 Å². The second-order valence-corrected chi connectivity index (χ2v) is 19.5. The molecule has 4 aliphatic heterocycles. The van der Waals surface area contributed by atoms with E-state index in [2.05, 4.69) is 41.7 Å². The summed E-state index contributed by atoms with van der Waals surface area (Å²) in [6.45, 7) is -0.980. The summed E-state index contributed by atoms with van der Waals surface area (Å²) in [6.07, 6.45) is -3.42. The number of aliphatic carboxylic acids is 4. The molecule has 0 radical (unpaired) electrons. The number of nitro benzene ring substituents is 2. The number of nitrogens with zero attached hydrogens (tertiary/aromatic N) is 12. The van der Waals surface area contributed by atoms with Gasteiger partial charge in [-0.05, 0) is 67.4 Å². The number of aliphatic hydroxyl groups excluding tert-OH is 2. The van der Waals surface area contributed by atoms with Gasteiger partial charge in [-0.2, -0.15) is 0 Å². The molecule has 0 saturated carbocycles. The summed E-state index contributed by atoms with van der Waals surface area (Å²) in [7, 11) is 0. The number of hydrogen-bond acceptors (Lipinski definition) is 26. The first kappa shape index (κ1) is 62.1. The number of fused-ring (bicyclic) bond motifs is 2. The quantitative estimate of drug-likeness (QED) is 0.0157. The Balaban J connectivity index is 0.000000274. The number of aliphatic hydroxyl groups is 2. The van der Waals surface area contributed by atoms with Crippen LogP contribution in [0.25, 0.3) is 0 Å². The van der Waals surface area contributed by atoms with Gasteiger partial charge in [0.25, 0.3) is 35.0 Å². The number of thioether (sulfide) groups is 4. The monoisotopic (exact) mass is 1180 g/mol. The van der Waals surface area contributed by atoms with Crippen molar-refractivity contribution in [2.75, 3.05) is 23.0 Å². The van der Waals surface area contributed by atoms with Crippen LogP contribution in [0.4, 0.5) is 11.4 Å². The van der Waals surface area contributed by atoms with Gasteiger partial charge in [0.05, 0.1) is 33.2 Å². The van der Waals surface area contributed by atoms with E-state index in [9.17, 15) is 79.0 Å². The topological polar surface area (TPSA) is 468 Å². The molecular weight excluding hydrogens is 1150 g/mol. The van der Waals surface area contributed by atoms with E-state index in [0.29, 0.717) is 11.1 Å². The van der Waals surface area contributed by atoms with E-state index in [0.717, 1.165) is 67.0 Å². The van der Waals surface area contributed by atoms with Crippen molar-refractivity contribution >= 4 is 106 Å². The van der Waals surface area contributed by atoms with Crippen molar-refractivity contribution in [3.05, 3.63) is 102 Å². The summed E-state index contributed by atoms with van der Waals surface area (Å²) in [5.74, 6) is -8.48. The number of carbonyl (C=O) groups excluding carboxylic acids is 6. The Labute approximate surface area is 525 Å². The minimum atomic E-state index is -1.71. The predicted octanol–water partition coefficient (Wildman–Crippen LogP) is -10.2. The molecule has 6 heterocycles. The number of hydrogen-bond donors (Lipinski definition) is 6. The van der Waals surface area contributed by atoms with Crippen LogP contribution in [0.5, 0.6) is 0 Å². The van der Waals surface area contributed by atoms with Crippen LogP contribution in [0.15, 0.2) is 81.4 Å². The summed E-state index contributed by atoms with van der Waals surface area (Å²) < 4.78 is 2.06. The molecule has 4 amide bonds. The van der Waals surface area contributed by atoms with Gasteiger partial charge in [0.15, 0.2) is 12.2 Å². The molecule has 2 fully saturated rings. The van der Waals surface area contributed by atoms with Crippen molar-refractivity contribution in [3.63, 3.8) is 0 Å². The predicted molar refractivity (Wildman–Crippen MR) is 243 cm³/mol. The number of non-ortho nitro benzene ring substituents is 2. The summed E-state index contributed by atoms with van der Waals surface area (Å²) in [5, 5.41) is 109. The number of tetrazole rings is 2. The largest absolute Gasteiger partial charge is 1.00 e. The molecule has 38 heteroatoms. The number of nitrogens with one attached hydrogen (secondary N) is 2. The van der Waals surface area contributed by atoms with E-state index in [-0.39, 0.29) is 170 Å². The van der Waals surface area contributed by atoms with E-state index in [1.54, 1.807) is 0 Å². The minimum Gasteiger partial charge on any atom is -0.543 e. The molecule has 4 aliphatic rings. The van der Waals surface area contributed by atoms with Crippen LogP contribution in [-0.4, -0.2) is 174 Å². The van der Waals surface area contributed by atoms with Gasteiger partial charge in [0.2, 0.25) is 10.3 Å². The van der Waals surface area contributed by atoms with Crippen LogP contribution >= 0.6 is 47.0 Å². The molecule has 32 nitrogen and oxygen atoms in total. The van der Waals surface area contributed by atoms with Crippen molar-refractivity contribution in [1.29, 1.82) is 0 Å². The maximum atomic E-state index is 12.8. The molecule has 388 valence electrons. The van der Waals surface area contributed by atoms with Crippen LogP contribution in [0.2, 0.25) is 0 Å². The fraction of sp³-hybridized carbons (Fsp3) is 0.316. The molecule has 6 atom stereocenters. The number of carboxylic acid groups (broad SMARTS) is 4. The second-order valence-electron chi connectivity index (χ2n) is 15.4. The number of benzene rings is 2. The third kappa shape index (κ3) is 14.1. The Hall–Kier alpha value is -4.79. The van der Waals surface area contributed by atoms with Crippen LogP contribution in [-0.2, 0) is 51.4 Å². The summed E-state index contributed by atoms with van der Waals surface area (Å²) in [6, 6.07) is 7.09. The Morgan fingerprint density at radius 1 is 0.645 bits per heavy atom. The first-order chi connectivity index (χ1) is 35.2. The van der Waals surface area contributed by atoms with Crippen molar-refractivity contribution < 1.29 is 182 Å². The van der Waals surface area contributed by atoms with Crippen molar-refractivity contribution in [1.82, 2.24) is 60.8 Å². The molecule has 8 rings (SSSR count). The van der Waals surface area contributed by atoms with E-state index in [4.69, 9.17) is 10.2 Å². The molecule has 2 aromatic carbocycles. The van der Waals surface area contributed by atoms with E-state index in [1.165, 1.54) is 47.8 Å². The molecule has 4 aromatic rings. The Morgan fingerprint density at radius 2 is 0.987 bits per heavy atom. The smallest absolute Gasteiger partial charge is 0.543 e. The van der Waals surface area contributed by atoms with Crippen LogP contribution in [0.3, 0.4) is 0 Å². The van der Waals surface area contributed by atoms with Gasteiger partial charge in [-0.15, -0.1) is 33.7 Å². The average molecular weight is 1180 g/mol. The molecule has 6 N–H and O–H groups in total. The average Bonchev–Trinajstić information content (AvgIpc) is 4.02. The first-order valence-corrected chi connectivity index (χ1v) is 24.7. The van der Waals surface area contributed by atoms with Crippen molar-refractivity contribution in [2.45, 2.75) is 58.4 Å². The number of amides is 4. The molecule has 0 aliphatic carbocycles. The summed E-state index contributed by atoms with van der Waals surface area (Å²) >= 11 is 4.33.